The Bertz CT molecular complexity index is 801. The van der Waals surface area contributed by atoms with Gasteiger partial charge in [-0.2, -0.15) is 0 Å². The van der Waals surface area contributed by atoms with Crippen LogP contribution in [0, 0.1) is 11.8 Å². The summed E-state index contributed by atoms with van der Waals surface area (Å²) < 4.78 is 15.4. The zero-order valence-corrected chi connectivity index (χ0v) is 14.8. The Morgan fingerprint density at radius 3 is 2.00 bits per heavy atom. The van der Waals surface area contributed by atoms with Crippen LogP contribution in [0.4, 0.5) is 0 Å². The quantitative estimate of drug-likeness (QED) is 0.773. The van der Waals surface area contributed by atoms with Crippen molar-refractivity contribution in [2.75, 3.05) is 20.8 Å². The lowest BCUT2D eigenvalue weighted by molar-refractivity contribution is -0.141. The van der Waals surface area contributed by atoms with Gasteiger partial charge in [0.1, 0.15) is 0 Å². The Hall–Kier alpha value is -2.89. The van der Waals surface area contributed by atoms with Gasteiger partial charge in [-0.05, 0) is 48.2 Å². The van der Waals surface area contributed by atoms with Crippen molar-refractivity contribution in [3.8, 4) is 23.0 Å². The lowest BCUT2D eigenvalue weighted by Crippen LogP contribution is -2.20. The van der Waals surface area contributed by atoms with E-state index in [1.54, 1.807) is 24.3 Å². The summed E-state index contributed by atoms with van der Waals surface area (Å²) in [4.78, 5) is 12.2. The lowest BCUT2D eigenvalue weighted by Gasteiger charge is -2.16. The summed E-state index contributed by atoms with van der Waals surface area (Å²) in [5, 5.41) is 19.9. The Balaban J connectivity index is 1.74. The standard InChI is InChI=1S/C20H22O6/c1-24-18-5-3-12(9-16(18)21)7-14-11-26-20(23)15(14)8-13-4-6-19(25-2)17(22)10-13/h3-6,9-10,14-15,21-22H,7-8,11H2,1-2H3. The largest absolute Gasteiger partial charge is 0.504 e. The van der Waals surface area contributed by atoms with Gasteiger partial charge < -0.3 is 24.4 Å². The molecule has 3 rings (SSSR count). The van der Waals surface area contributed by atoms with Crippen molar-refractivity contribution in [2.24, 2.45) is 11.8 Å². The summed E-state index contributed by atoms with van der Waals surface area (Å²) in [7, 11) is 2.99. The van der Waals surface area contributed by atoms with Gasteiger partial charge >= 0.3 is 5.97 Å². The fourth-order valence-electron chi connectivity index (χ4n) is 3.34. The predicted molar refractivity (Wildman–Crippen MR) is 94.7 cm³/mol. The third kappa shape index (κ3) is 3.69. The maximum Gasteiger partial charge on any atom is 0.309 e. The Kier molecular flexibility index (Phi) is 5.21. The van der Waals surface area contributed by atoms with Crippen LogP contribution in [-0.4, -0.2) is 37.0 Å². The van der Waals surface area contributed by atoms with Gasteiger partial charge in [0.25, 0.3) is 0 Å². The second kappa shape index (κ2) is 7.56. The number of aromatic hydroxyl groups is 2. The Labute approximate surface area is 151 Å². The van der Waals surface area contributed by atoms with E-state index in [2.05, 4.69) is 0 Å². The first-order valence-corrected chi connectivity index (χ1v) is 8.40. The van der Waals surface area contributed by atoms with Crippen molar-refractivity contribution in [1.82, 2.24) is 0 Å². The highest BCUT2D eigenvalue weighted by atomic mass is 16.5. The molecule has 1 aliphatic rings. The number of hydrogen-bond donors (Lipinski definition) is 2. The van der Waals surface area contributed by atoms with E-state index in [0.717, 1.165) is 11.1 Å². The number of methoxy groups -OCH3 is 2. The van der Waals surface area contributed by atoms with Gasteiger partial charge in [-0.1, -0.05) is 12.1 Å². The number of rotatable bonds is 6. The van der Waals surface area contributed by atoms with Crippen molar-refractivity contribution >= 4 is 5.97 Å². The zero-order valence-electron chi connectivity index (χ0n) is 14.8. The second-order valence-corrected chi connectivity index (χ2v) is 6.42. The molecule has 1 fully saturated rings. The van der Waals surface area contributed by atoms with E-state index in [4.69, 9.17) is 14.2 Å². The molecule has 2 unspecified atom stereocenters. The highest BCUT2D eigenvalue weighted by molar-refractivity contribution is 5.75. The molecule has 0 amide bonds. The third-order valence-corrected chi connectivity index (χ3v) is 4.75. The molecular weight excluding hydrogens is 336 g/mol. The molecule has 1 heterocycles. The minimum absolute atomic E-state index is 0.000426. The van der Waals surface area contributed by atoms with Gasteiger partial charge in [0.2, 0.25) is 0 Å². The fourth-order valence-corrected chi connectivity index (χ4v) is 3.34. The highest BCUT2D eigenvalue weighted by Gasteiger charge is 2.37. The number of carbonyl (C=O) groups excluding carboxylic acids is 1. The molecule has 138 valence electrons. The summed E-state index contributed by atoms with van der Waals surface area (Å²) in [6, 6.07) is 10.4. The molecule has 2 aromatic carbocycles. The SMILES string of the molecule is COc1ccc(CC2COC(=O)C2Cc2ccc(OC)c(O)c2)cc1O. The maximum atomic E-state index is 12.2. The van der Waals surface area contributed by atoms with E-state index in [1.165, 1.54) is 14.2 Å². The van der Waals surface area contributed by atoms with Gasteiger partial charge in [-0.15, -0.1) is 0 Å². The number of hydrogen-bond acceptors (Lipinski definition) is 6. The molecule has 0 aliphatic carbocycles. The number of phenolic OH excluding ortho intramolecular Hbond substituents is 2. The number of carbonyl (C=O) groups is 1. The minimum atomic E-state index is -0.299. The summed E-state index contributed by atoms with van der Waals surface area (Å²) >= 11 is 0. The average molecular weight is 358 g/mol. The van der Waals surface area contributed by atoms with E-state index in [1.807, 2.05) is 12.1 Å². The van der Waals surface area contributed by atoms with Crippen molar-refractivity contribution in [2.45, 2.75) is 12.8 Å². The lowest BCUT2D eigenvalue weighted by atomic mass is 9.85. The van der Waals surface area contributed by atoms with Crippen LogP contribution in [0.25, 0.3) is 0 Å². The Morgan fingerprint density at radius 2 is 1.50 bits per heavy atom. The molecule has 0 spiro atoms. The van der Waals surface area contributed by atoms with Gasteiger partial charge in [-0.3, -0.25) is 4.79 Å². The van der Waals surface area contributed by atoms with Crippen LogP contribution in [0.15, 0.2) is 36.4 Å². The molecule has 0 saturated carbocycles. The zero-order chi connectivity index (χ0) is 18.7. The van der Waals surface area contributed by atoms with E-state index in [9.17, 15) is 15.0 Å². The van der Waals surface area contributed by atoms with E-state index >= 15 is 0 Å². The van der Waals surface area contributed by atoms with E-state index in [0.29, 0.717) is 30.9 Å². The van der Waals surface area contributed by atoms with Gasteiger partial charge in [-0.25, -0.2) is 0 Å². The molecule has 6 nitrogen and oxygen atoms in total. The third-order valence-electron chi connectivity index (χ3n) is 4.75. The molecule has 0 radical (unpaired) electrons. The van der Waals surface area contributed by atoms with Gasteiger partial charge in [0, 0.05) is 5.92 Å². The smallest absolute Gasteiger partial charge is 0.309 e. The molecule has 2 aromatic rings. The molecule has 2 N–H and O–H groups in total. The molecule has 6 heteroatoms. The number of phenols is 2. The van der Waals surface area contributed by atoms with Crippen molar-refractivity contribution in [3.63, 3.8) is 0 Å². The predicted octanol–water partition coefficient (Wildman–Crippen LogP) is 2.69. The van der Waals surface area contributed by atoms with Crippen LogP contribution in [0.5, 0.6) is 23.0 Å². The van der Waals surface area contributed by atoms with Crippen LogP contribution in [0.2, 0.25) is 0 Å². The number of cyclic esters (lactones) is 1. The number of ether oxygens (including phenoxy) is 3. The molecule has 0 bridgehead atoms. The minimum Gasteiger partial charge on any atom is -0.504 e. The summed E-state index contributed by atoms with van der Waals surface area (Å²) in [5.74, 6) is 0.403. The summed E-state index contributed by atoms with van der Waals surface area (Å²) in [5.41, 5.74) is 1.75. The number of esters is 1. The van der Waals surface area contributed by atoms with Crippen LogP contribution >= 0.6 is 0 Å². The van der Waals surface area contributed by atoms with Gasteiger partial charge in [0.05, 0.1) is 26.7 Å². The van der Waals surface area contributed by atoms with E-state index in [-0.39, 0.29) is 29.3 Å². The topological polar surface area (TPSA) is 85.2 Å². The van der Waals surface area contributed by atoms with E-state index < -0.39 is 0 Å². The molecule has 26 heavy (non-hydrogen) atoms. The molecular formula is C20H22O6. The van der Waals surface area contributed by atoms with Gasteiger partial charge in [0.15, 0.2) is 23.0 Å². The molecule has 2 atom stereocenters. The first-order valence-electron chi connectivity index (χ1n) is 8.40. The maximum absolute atomic E-state index is 12.2. The summed E-state index contributed by atoms with van der Waals surface area (Å²) in [6.07, 6.45) is 1.08. The molecule has 0 aromatic heterocycles. The van der Waals surface area contributed by atoms with Crippen LogP contribution in [0.3, 0.4) is 0 Å². The molecule has 1 saturated heterocycles. The van der Waals surface area contributed by atoms with Crippen LogP contribution in [0.1, 0.15) is 11.1 Å². The number of benzene rings is 2. The monoisotopic (exact) mass is 358 g/mol. The van der Waals surface area contributed by atoms with Crippen molar-refractivity contribution < 1.29 is 29.2 Å². The second-order valence-electron chi connectivity index (χ2n) is 6.42. The molecule has 1 aliphatic heterocycles. The van der Waals surface area contributed by atoms with Crippen molar-refractivity contribution in [1.29, 1.82) is 0 Å². The normalized spacial score (nSPS) is 19.2. The van der Waals surface area contributed by atoms with Crippen LogP contribution in [-0.2, 0) is 22.4 Å². The Morgan fingerprint density at radius 1 is 0.962 bits per heavy atom. The highest BCUT2D eigenvalue weighted by Crippen LogP contribution is 2.34. The first-order chi connectivity index (χ1) is 12.5. The summed E-state index contributed by atoms with van der Waals surface area (Å²) in [6.45, 7) is 0.346. The van der Waals surface area contributed by atoms with Crippen molar-refractivity contribution in [3.05, 3.63) is 47.5 Å². The fraction of sp³-hybridized carbons (Fsp3) is 0.350. The van der Waals surface area contributed by atoms with Crippen LogP contribution < -0.4 is 9.47 Å². The first kappa shape index (κ1) is 17.9. The average Bonchev–Trinajstić information content (AvgIpc) is 2.95.